The molecule has 0 radical (unpaired) electrons. The highest BCUT2D eigenvalue weighted by Crippen LogP contribution is 2.52. The van der Waals surface area contributed by atoms with Crippen LogP contribution in [0.1, 0.15) is 39.6 Å². The highest BCUT2D eigenvalue weighted by Gasteiger charge is 2.69. The molecule has 3 aliphatic rings. The predicted molar refractivity (Wildman–Crippen MR) is 143 cm³/mol. The zero-order chi connectivity index (χ0) is 30.1. The Morgan fingerprint density at radius 3 is 2.32 bits per heavy atom. The maximum absolute atomic E-state index is 14.0. The average Bonchev–Trinajstić information content (AvgIpc) is 2.90. The number of carbonyl (C=O) groups is 6. The minimum absolute atomic E-state index is 0.0659. The van der Waals surface area contributed by atoms with Gasteiger partial charge in [0, 0.05) is 17.0 Å². The summed E-state index contributed by atoms with van der Waals surface area (Å²) in [7, 11) is 4.51. The van der Waals surface area contributed by atoms with Crippen LogP contribution in [0.15, 0.2) is 30.3 Å². The van der Waals surface area contributed by atoms with Gasteiger partial charge in [-0.2, -0.15) is 0 Å². The SMILES string of the molecule is COc1ccc(C(C)=O)cc1-c1ccc(O)c2c1CC1CC3C(N(C)C)C(=O)C(C(N)=O)C(=O)C3(O)C(=O)C1C2=O. The van der Waals surface area contributed by atoms with E-state index in [9.17, 15) is 39.0 Å². The van der Waals surface area contributed by atoms with E-state index in [2.05, 4.69) is 0 Å². The van der Waals surface area contributed by atoms with Gasteiger partial charge >= 0.3 is 0 Å². The Bertz CT molecular complexity index is 1560. The highest BCUT2D eigenvalue weighted by molar-refractivity contribution is 6.32. The number of aliphatic hydroxyl groups is 1. The van der Waals surface area contributed by atoms with Crippen molar-refractivity contribution in [3.63, 3.8) is 0 Å². The van der Waals surface area contributed by atoms with Crippen LogP contribution < -0.4 is 10.5 Å². The van der Waals surface area contributed by atoms with Gasteiger partial charge in [0.1, 0.15) is 11.5 Å². The van der Waals surface area contributed by atoms with E-state index in [0.29, 0.717) is 28.0 Å². The number of carbonyl (C=O) groups excluding carboxylic acids is 6. The number of Topliss-reactive ketones (excluding diaryl/α,β-unsaturated/α-hetero) is 5. The smallest absolute Gasteiger partial charge is 0.235 e. The van der Waals surface area contributed by atoms with Crippen LogP contribution in [-0.2, 0) is 25.6 Å². The summed E-state index contributed by atoms with van der Waals surface area (Å²) in [6, 6.07) is 6.56. The molecular weight excluding hydrogens is 532 g/mol. The monoisotopic (exact) mass is 562 g/mol. The molecule has 214 valence electrons. The molecule has 2 fully saturated rings. The van der Waals surface area contributed by atoms with Crippen molar-refractivity contribution in [2.24, 2.45) is 29.4 Å². The number of ketones is 5. The number of benzene rings is 2. The van der Waals surface area contributed by atoms with Crippen molar-refractivity contribution in [2.75, 3.05) is 21.2 Å². The summed E-state index contributed by atoms with van der Waals surface area (Å²) < 4.78 is 5.52. The second-order valence-corrected chi connectivity index (χ2v) is 11.2. The Kier molecular flexibility index (Phi) is 6.70. The highest BCUT2D eigenvalue weighted by atomic mass is 16.5. The number of rotatable bonds is 5. The number of likely N-dealkylation sites (N-methyl/N-ethyl adjacent to an activating group) is 1. The van der Waals surface area contributed by atoms with E-state index in [1.165, 1.54) is 39.1 Å². The van der Waals surface area contributed by atoms with E-state index >= 15 is 0 Å². The first kappa shape index (κ1) is 28.3. The Balaban J connectivity index is 1.68. The van der Waals surface area contributed by atoms with Crippen molar-refractivity contribution >= 4 is 34.8 Å². The Labute approximate surface area is 235 Å². The molecule has 0 aliphatic heterocycles. The summed E-state index contributed by atoms with van der Waals surface area (Å²) in [6.07, 6.45) is 0.0205. The molecule has 6 unspecified atom stereocenters. The van der Waals surface area contributed by atoms with Crippen LogP contribution in [0.3, 0.4) is 0 Å². The molecule has 1 amide bonds. The molecule has 2 aromatic carbocycles. The number of hydrogen-bond acceptors (Lipinski definition) is 10. The van der Waals surface area contributed by atoms with Gasteiger partial charge in [0.25, 0.3) is 0 Å². The number of aromatic hydroxyl groups is 1. The van der Waals surface area contributed by atoms with Crippen LogP contribution in [-0.4, -0.2) is 82.8 Å². The van der Waals surface area contributed by atoms with Crippen LogP contribution in [0, 0.1) is 23.7 Å². The second kappa shape index (κ2) is 9.71. The molecule has 6 atom stereocenters. The Hall–Kier alpha value is -4.22. The number of phenolic OH excluding ortho intramolecular Hbond substituents is 1. The third kappa shape index (κ3) is 3.94. The number of fused-ring (bicyclic) bond motifs is 3. The molecule has 0 aromatic heterocycles. The normalized spacial score (nSPS) is 29.1. The largest absolute Gasteiger partial charge is 0.507 e. The van der Waals surface area contributed by atoms with Crippen molar-refractivity contribution in [2.45, 2.75) is 31.4 Å². The molecule has 5 rings (SSSR count). The van der Waals surface area contributed by atoms with Gasteiger partial charge in [-0.15, -0.1) is 0 Å². The molecule has 2 aromatic rings. The molecule has 3 aliphatic carbocycles. The Morgan fingerprint density at radius 2 is 1.73 bits per heavy atom. The van der Waals surface area contributed by atoms with E-state index in [1.807, 2.05) is 0 Å². The lowest BCUT2D eigenvalue weighted by atomic mass is 9.52. The molecule has 0 spiro atoms. The fourth-order valence-electron chi connectivity index (χ4n) is 6.99. The van der Waals surface area contributed by atoms with Crippen molar-refractivity contribution in [3.05, 3.63) is 47.0 Å². The number of amides is 1. The van der Waals surface area contributed by atoms with E-state index in [4.69, 9.17) is 10.5 Å². The van der Waals surface area contributed by atoms with E-state index < -0.39 is 64.4 Å². The minimum atomic E-state index is -2.79. The number of methoxy groups -OCH3 is 1. The third-order valence-electron chi connectivity index (χ3n) is 8.84. The van der Waals surface area contributed by atoms with Gasteiger partial charge in [0.05, 0.1) is 24.6 Å². The zero-order valence-electron chi connectivity index (χ0n) is 23.0. The van der Waals surface area contributed by atoms with Crippen molar-refractivity contribution in [1.82, 2.24) is 4.90 Å². The lowest BCUT2D eigenvalue weighted by Gasteiger charge is -2.52. The summed E-state index contributed by atoms with van der Waals surface area (Å²) in [5, 5.41) is 22.5. The lowest BCUT2D eigenvalue weighted by Crippen LogP contribution is -2.74. The van der Waals surface area contributed by atoms with Crippen molar-refractivity contribution in [1.29, 1.82) is 0 Å². The molecule has 0 saturated heterocycles. The molecular formula is C30H30N2O9. The number of ether oxygens (including phenoxy) is 1. The van der Waals surface area contributed by atoms with Crippen LogP contribution in [0.4, 0.5) is 0 Å². The van der Waals surface area contributed by atoms with Crippen molar-refractivity contribution in [3.8, 4) is 22.6 Å². The summed E-state index contributed by atoms with van der Waals surface area (Å²) in [5.41, 5.74) is 4.25. The first-order chi connectivity index (χ1) is 19.2. The summed E-state index contributed by atoms with van der Waals surface area (Å²) in [4.78, 5) is 80.3. The number of hydrogen-bond donors (Lipinski definition) is 3. The van der Waals surface area contributed by atoms with Gasteiger partial charge in [0.2, 0.25) is 5.91 Å². The molecule has 0 heterocycles. The molecule has 4 N–H and O–H groups in total. The first-order valence-corrected chi connectivity index (χ1v) is 13.1. The number of phenols is 1. The van der Waals surface area contributed by atoms with Crippen LogP contribution in [0.25, 0.3) is 11.1 Å². The fraction of sp³-hybridized carbons (Fsp3) is 0.400. The standard InChI is InChI=1S/C30H30N2O9/c1-12(33)13-5-8-20(41-4)16(9-13)15-6-7-19(34)22-17(15)10-14-11-18-24(32(2)3)26(36)23(29(31)39)28(38)30(18,40)27(37)21(14)25(22)35/h5-9,14,18,21,23-24,34,40H,10-11H2,1-4H3,(H2,31,39). The summed E-state index contributed by atoms with van der Waals surface area (Å²) in [5.74, 6) is -10.9. The molecule has 0 bridgehead atoms. The quantitative estimate of drug-likeness (QED) is 0.347. The predicted octanol–water partition coefficient (Wildman–Crippen LogP) is 0.745. The Morgan fingerprint density at radius 1 is 1.05 bits per heavy atom. The lowest BCUT2D eigenvalue weighted by molar-refractivity contribution is -0.181. The minimum Gasteiger partial charge on any atom is -0.507 e. The van der Waals surface area contributed by atoms with Gasteiger partial charge in [-0.25, -0.2) is 0 Å². The van der Waals surface area contributed by atoms with Gasteiger partial charge in [-0.05, 0) is 75.2 Å². The van der Waals surface area contributed by atoms with Gasteiger partial charge < -0.3 is 20.7 Å². The zero-order valence-corrected chi connectivity index (χ0v) is 23.0. The van der Waals surface area contributed by atoms with E-state index in [1.54, 1.807) is 24.3 Å². The van der Waals surface area contributed by atoms with Crippen LogP contribution in [0.2, 0.25) is 0 Å². The maximum atomic E-state index is 14.0. The number of nitrogens with two attached hydrogens (primary N) is 1. The first-order valence-electron chi connectivity index (χ1n) is 13.1. The summed E-state index contributed by atoms with van der Waals surface area (Å²) >= 11 is 0. The van der Waals surface area contributed by atoms with Crippen molar-refractivity contribution < 1.29 is 43.7 Å². The molecule has 2 saturated carbocycles. The number of nitrogens with zero attached hydrogens (tertiary/aromatic N) is 1. The van der Waals surface area contributed by atoms with Crippen LogP contribution in [0.5, 0.6) is 11.5 Å². The van der Waals surface area contributed by atoms with E-state index in [-0.39, 0.29) is 29.9 Å². The van der Waals surface area contributed by atoms with E-state index in [0.717, 1.165) is 0 Å². The topological polar surface area (TPSA) is 181 Å². The van der Waals surface area contributed by atoms with Gasteiger partial charge in [-0.3, -0.25) is 33.7 Å². The van der Waals surface area contributed by atoms with Crippen LogP contribution >= 0.6 is 0 Å². The molecule has 11 heteroatoms. The third-order valence-corrected chi connectivity index (χ3v) is 8.84. The molecule has 41 heavy (non-hydrogen) atoms. The fourth-order valence-corrected chi connectivity index (χ4v) is 6.99. The maximum Gasteiger partial charge on any atom is 0.235 e. The second-order valence-electron chi connectivity index (χ2n) is 11.2. The van der Waals surface area contributed by atoms with Gasteiger partial charge in [-0.1, -0.05) is 6.07 Å². The summed E-state index contributed by atoms with van der Waals surface area (Å²) in [6.45, 7) is 1.41. The molecule has 11 nitrogen and oxygen atoms in total. The van der Waals surface area contributed by atoms with Gasteiger partial charge in [0.15, 0.2) is 40.4 Å². The average molecular weight is 563 g/mol. The number of primary amides is 1.